The Labute approximate surface area is 156 Å². The largest absolute Gasteiger partial charge is 0.364 e. The van der Waals surface area contributed by atoms with Crippen LogP contribution in [0.25, 0.3) is 5.69 Å². The van der Waals surface area contributed by atoms with Gasteiger partial charge in [0.25, 0.3) is 5.91 Å². The van der Waals surface area contributed by atoms with E-state index < -0.39 is 5.91 Å². The van der Waals surface area contributed by atoms with Gasteiger partial charge in [-0.2, -0.15) is 0 Å². The van der Waals surface area contributed by atoms with E-state index in [1.165, 1.54) is 18.4 Å². The molecule has 2 N–H and O–H groups in total. The highest BCUT2D eigenvalue weighted by Crippen LogP contribution is 2.42. The second kappa shape index (κ2) is 5.87. The number of hydrogen-bond acceptors (Lipinski definition) is 4. The van der Waals surface area contributed by atoms with E-state index in [-0.39, 0.29) is 11.7 Å². The van der Waals surface area contributed by atoms with Crippen LogP contribution in [0.4, 0.5) is 0 Å². The lowest BCUT2D eigenvalue weighted by Gasteiger charge is -2.13. The van der Waals surface area contributed by atoms with Crippen LogP contribution >= 0.6 is 0 Å². The Balaban J connectivity index is 1.80. The van der Waals surface area contributed by atoms with Gasteiger partial charge >= 0.3 is 0 Å². The quantitative estimate of drug-likeness (QED) is 0.781. The molecule has 134 valence electrons. The molecule has 1 aromatic carbocycles. The average molecular weight is 357 g/mol. The maximum atomic E-state index is 11.9. The number of aromatic nitrogens is 3. The summed E-state index contributed by atoms with van der Waals surface area (Å²) in [6, 6.07) is 12.0. The van der Waals surface area contributed by atoms with Crippen LogP contribution in [-0.2, 0) is 0 Å². The number of nitrogens with zero attached hydrogens (tertiary/aromatic N) is 4. The van der Waals surface area contributed by atoms with Crippen molar-refractivity contribution in [1.82, 2.24) is 14.5 Å². The predicted octanol–water partition coefficient (Wildman–Crippen LogP) is 3.16. The highest BCUT2D eigenvalue weighted by atomic mass is 16.1. The van der Waals surface area contributed by atoms with Crippen molar-refractivity contribution in [3.05, 3.63) is 77.1 Å². The van der Waals surface area contributed by atoms with Crippen molar-refractivity contribution < 1.29 is 4.79 Å². The van der Waals surface area contributed by atoms with Crippen molar-refractivity contribution in [2.75, 3.05) is 0 Å². The summed E-state index contributed by atoms with van der Waals surface area (Å²) in [5, 5.41) is 0. The monoisotopic (exact) mass is 357 g/mol. The van der Waals surface area contributed by atoms with Crippen molar-refractivity contribution in [3.63, 3.8) is 0 Å². The molecule has 27 heavy (non-hydrogen) atoms. The minimum atomic E-state index is -0.539. The first-order valence-corrected chi connectivity index (χ1v) is 9.14. The van der Waals surface area contributed by atoms with Gasteiger partial charge in [-0.05, 0) is 55.5 Å². The summed E-state index contributed by atoms with van der Waals surface area (Å²) in [7, 11) is 0. The number of pyridine rings is 1. The minimum absolute atomic E-state index is 0.269. The number of amides is 1. The second-order valence-electron chi connectivity index (χ2n) is 7.13. The number of primary amides is 1. The summed E-state index contributed by atoms with van der Waals surface area (Å²) in [5.74, 6) is 0.0904. The van der Waals surface area contributed by atoms with Crippen LogP contribution in [0.2, 0.25) is 0 Å². The van der Waals surface area contributed by atoms with E-state index in [4.69, 9.17) is 10.7 Å². The van der Waals surface area contributed by atoms with Gasteiger partial charge in [0.2, 0.25) is 0 Å². The molecule has 0 unspecified atom stereocenters. The first-order valence-electron chi connectivity index (χ1n) is 9.14. The molecule has 3 aromatic rings. The molecule has 2 aromatic heterocycles. The van der Waals surface area contributed by atoms with Gasteiger partial charge in [0.1, 0.15) is 6.33 Å². The molecule has 1 amide bonds. The summed E-state index contributed by atoms with van der Waals surface area (Å²) >= 11 is 0. The van der Waals surface area contributed by atoms with Gasteiger partial charge in [0, 0.05) is 11.8 Å². The number of imidazole rings is 1. The Kier molecular flexibility index (Phi) is 3.47. The lowest BCUT2D eigenvalue weighted by Crippen LogP contribution is -2.15. The fourth-order valence-corrected chi connectivity index (χ4v) is 3.79. The second-order valence-corrected chi connectivity index (χ2v) is 7.13. The molecule has 1 saturated carbocycles. The van der Waals surface area contributed by atoms with E-state index in [0.29, 0.717) is 11.6 Å². The fourth-order valence-electron chi connectivity index (χ4n) is 3.79. The van der Waals surface area contributed by atoms with Gasteiger partial charge < -0.3 is 5.73 Å². The molecule has 0 bridgehead atoms. The number of hydrogen-bond donors (Lipinski definition) is 1. The van der Waals surface area contributed by atoms with E-state index in [2.05, 4.69) is 28.2 Å². The Bertz CT molecular complexity index is 1080. The summed E-state index contributed by atoms with van der Waals surface area (Å²) in [5.41, 5.74) is 11.5. The van der Waals surface area contributed by atoms with Crippen molar-refractivity contribution in [1.29, 1.82) is 0 Å². The topological polar surface area (TPSA) is 86.2 Å². The number of carbonyl (C=O) groups excluding carboxylic acids is 1. The summed E-state index contributed by atoms with van der Waals surface area (Å²) in [4.78, 5) is 25.6. The molecule has 0 spiro atoms. The van der Waals surface area contributed by atoms with Crippen molar-refractivity contribution in [3.8, 4) is 5.69 Å². The smallest absolute Gasteiger partial charge is 0.269 e. The van der Waals surface area contributed by atoms with Crippen LogP contribution in [0.3, 0.4) is 0 Å². The molecule has 0 saturated heterocycles. The minimum Gasteiger partial charge on any atom is -0.364 e. The van der Waals surface area contributed by atoms with Gasteiger partial charge in [-0.25, -0.2) is 4.98 Å². The first-order chi connectivity index (χ1) is 13.1. The third-order valence-electron chi connectivity index (χ3n) is 5.25. The standard InChI is InChI=1S/C21H19N5O/c1-12-20-19(21(22)27)24-11-26(20)17-8-7-14(13-5-6-13)10-15(17)18(25-12)16-4-2-3-9-23-16/h2-4,7-13H,5-6H2,1H3,(H2,22,27)/t12-/m0/s1. The predicted molar refractivity (Wildman–Crippen MR) is 102 cm³/mol. The van der Waals surface area contributed by atoms with Crippen molar-refractivity contribution in [2.24, 2.45) is 10.7 Å². The third kappa shape index (κ3) is 2.56. The van der Waals surface area contributed by atoms with E-state index in [1.54, 1.807) is 12.5 Å². The molecule has 1 aliphatic carbocycles. The fraction of sp³-hybridized carbons (Fsp3) is 0.238. The van der Waals surface area contributed by atoms with E-state index in [1.807, 2.05) is 29.7 Å². The lowest BCUT2D eigenvalue weighted by molar-refractivity contribution is 0.0994. The Hall–Kier alpha value is -3.28. The molecule has 6 heteroatoms. The summed E-state index contributed by atoms with van der Waals surface area (Å²) in [6.45, 7) is 1.95. The van der Waals surface area contributed by atoms with Gasteiger partial charge in [-0.15, -0.1) is 0 Å². The van der Waals surface area contributed by atoms with Gasteiger partial charge in [0.05, 0.1) is 28.8 Å². The van der Waals surface area contributed by atoms with Crippen LogP contribution < -0.4 is 5.73 Å². The van der Waals surface area contributed by atoms with E-state index in [0.717, 1.165) is 22.7 Å². The molecule has 0 radical (unpaired) electrons. The van der Waals surface area contributed by atoms with E-state index in [9.17, 15) is 4.79 Å². The van der Waals surface area contributed by atoms with Crippen molar-refractivity contribution >= 4 is 11.6 Å². The van der Waals surface area contributed by atoms with Crippen LogP contribution in [0.5, 0.6) is 0 Å². The molecule has 2 aliphatic rings. The molecule has 1 aliphatic heterocycles. The number of aliphatic imine (C=N–C) groups is 1. The molecule has 6 nitrogen and oxygen atoms in total. The molecule has 3 heterocycles. The Morgan fingerprint density at radius 3 is 2.74 bits per heavy atom. The normalized spacial score (nSPS) is 18.3. The number of nitrogens with two attached hydrogens (primary N) is 1. The van der Waals surface area contributed by atoms with Gasteiger partial charge in [0.15, 0.2) is 5.69 Å². The number of rotatable bonds is 3. The third-order valence-corrected chi connectivity index (χ3v) is 5.25. The zero-order valence-corrected chi connectivity index (χ0v) is 15.0. The van der Waals surface area contributed by atoms with E-state index >= 15 is 0 Å². The van der Waals surface area contributed by atoms with Crippen molar-refractivity contribution in [2.45, 2.75) is 31.7 Å². The maximum absolute atomic E-state index is 11.9. The molecule has 5 rings (SSSR count). The molecule has 1 atom stereocenters. The number of benzene rings is 1. The highest BCUT2D eigenvalue weighted by Gasteiger charge is 2.30. The molecular weight excluding hydrogens is 338 g/mol. The SMILES string of the molecule is C[C@@H]1N=C(c2ccccn2)c2cc(C3CC3)ccc2-n2cnc(C(N)=O)c21. The summed E-state index contributed by atoms with van der Waals surface area (Å²) < 4.78 is 1.94. The summed E-state index contributed by atoms with van der Waals surface area (Å²) in [6.07, 6.45) is 5.90. The Morgan fingerprint density at radius 2 is 2.04 bits per heavy atom. The molecular formula is C21H19N5O. The van der Waals surface area contributed by atoms with Crippen LogP contribution in [0.15, 0.2) is 53.9 Å². The number of carbonyl (C=O) groups is 1. The zero-order chi connectivity index (χ0) is 18.5. The van der Waals surface area contributed by atoms with Crippen LogP contribution in [0.1, 0.15) is 64.7 Å². The van der Waals surface area contributed by atoms with Gasteiger partial charge in [-0.1, -0.05) is 12.1 Å². The average Bonchev–Trinajstić information content (AvgIpc) is 3.45. The van der Waals surface area contributed by atoms with Crippen LogP contribution in [0, 0.1) is 0 Å². The maximum Gasteiger partial charge on any atom is 0.269 e. The van der Waals surface area contributed by atoms with Crippen LogP contribution in [-0.4, -0.2) is 26.2 Å². The Morgan fingerprint density at radius 1 is 1.19 bits per heavy atom. The molecule has 1 fully saturated rings. The number of fused-ring (bicyclic) bond motifs is 3. The van der Waals surface area contributed by atoms with Gasteiger partial charge in [-0.3, -0.25) is 19.3 Å². The lowest BCUT2D eigenvalue weighted by atomic mass is 9.99. The zero-order valence-electron chi connectivity index (χ0n) is 15.0. The first kappa shape index (κ1) is 15.9. The highest BCUT2D eigenvalue weighted by molar-refractivity contribution is 6.14.